The Kier molecular flexibility index (Phi) is 3.23. The molecular formula is C12H10F3NO3. The third-order valence-electron chi connectivity index (χ3n) is 2.75. The van der Waals surface area contributed by atoms with E-state index in [-0.39, 0.29) is 11.2 Å². The summed E-state index contributed by atoms with van der Waals surface area (Å²) in [6, 6.07) is 3.23. The number of aromatic nitrogens is 1. The van der Waals surface area contributed by atoms with Crippen molar-refractivity contribution in [1.82, 2.24) is 4.98 Å². The number of hydrogen-bond acceptors (Lipinski definition) is 3. The van der Waals surface area contributed by atoms with Crippen molar-refractivity contribution >= 4 is 16.9 Å². The average molecular weight is 273 g/mol. The first-order valence-corrected chi connectivity index (χ1v) is 5.29. The van der Waals surface area contributed by atoms with Gasteiger partial charge in [0, 0.05) is 10.9 Å². The molecule has 0 unspecified atom stereocenters. The average Bonchev–Trinajstić information content (AvgIpc) is 2.66. The Morgan fingerprint density at radius 3 is 2.58 bits per heavy atom. The van der Waals surface area contributed by atoms with E-state index in [1.807, 2.05) is 0 Å². The molecule has 0 spiro atoms. The molecule has 7 heteroatoms. The summed E-state index contributed by atoms with van der Waals surface area (Å²) >= 11 is 0. The van der Waals surface area contributed by atoms with Crippen LogP contribution >= 0.6 is 0 Å². The van der Waals surface area contributed by atoms with E-state index >= 15 is 0 Å². The van der Waals surface area contributed by atoms with Crippen LogP contribution in [0.3, 0.4) is 0 Å². The predicted molar refractivity (Wildman–Crippen MR) is 60.5 cm³/mol. The molecule has 102 valence electrons. The molecule has 0 bridgehead atoms. The Labute approximate surface area is 106 Å². The van der Waals surface area contributed by atoms with Crippen LogP contribution in [0.15, 0.2) is 18.2 Å². The minimum Gasteiger partial charge on any atom is -0.349 e. The first-order chi connectivity index (χ1) is 8.84. The zero-order chi connectivity index (χ0) is 14.2. The van der Waals surface area contributed by atoms with Gasteiger partial charge in [-0.1, -0.05) is 6.07 Å². The Morgan fingerprint density at radius 2 is 2.00 bits per heavy atom. The fourth-order valence-corrected chi connectivity index (χ4v) is 1.84. The van der Waals surface area contributed by atoms with E-state index < -0.39 is 17.7 Å². The zero-order valence-electron chi connectivity index (χ0n) is 10.1. The molecule has 0 aliphatic heterocycles. The maximum atomic E-state index is 12.6. The first kappa shape index (κ1) is 13.4. The highest BCUT2D eigenvalue weighted by Gasteiger charge is 2.31. The van der Waals surface area contributed by atoms with Crippen LogP contribution in [0.4, 0.5) is 13.2 Å². The Bertz CT molecular complexity index is 631. The van der Waals surface area contributed by atoms with Crippen LogP contribution in [0, 0.1) is 6.92 Å². The van der Waals surface area contributed by atoms with Gasteiger partial charge >= 0.3 is 12.1 Å². The monoisotopic (exact) mass is 273 g/mol. The van der Waals surface area contributed by atoms with Gasteiger partial charge in [0.2, 0.25) is 0 Å². The molecule has 2 aromatic rings. The lowest BCUT2D eigenvalue weighted by molar-refractivity contribution is -0.216. The second-order valence-electron chi connectivity index (χ2n) is 3.92. The smallest absolute Gasteiger partial charge is 0.349 e. The number of rotatable bonds is 2. The minimum atomic E-state index is -4.43. The third-order valence-corrected chi connectivity index (χ3v) is 2.75. The second-order valence-corrected chi connectivity index (χ2v) is 3.92. The lowest BCUT2D eigenvalue weighted by Crippen LogP contribution is -2.05. The maximum absolute atomic E-state index is 12.6. The van der Waals surface area contributed by atoms with Gasteiger partial charge in [0.25, 0.3) is 0 Å². The number of carbonyl (C=O) groups is 1. The minimum absolute atomic E-state index is 0.0659. The number of carbonyl (C=O) groups excluding carboxylic acids is 1. The van der Waals surface area contributed by atoms with E-state index in [1.165, 1.54) is 6.07 Å². The van der Waals surface area contributed by atoms with Crippen LogP contribution in [0.25, 0.3) is 10.9 Å². The fraction of sp³-hybridized carbons (Fsp3) is 0.250. The van der Waals surface area contributed by atoms with Crippen molar-refractivity contribution in [2.45, 2.75) is 13.1 Å². The van der Waals surface area contributed by atoms with Gasteiger partial charge < -0.3 is 4.98 Å². The molecule has 2 rings (SSSR count). The lowest BCUT2D eigenvalue weighted by Gasteiger charge is -2.05. The van der Waals surface area contributed by atoms with E-state index in [1.54, 1.807) is 6.92 Å². The fourth-order valence-electron chi connectivity index (χ4n) is 1.84. The van der Waals surface area contributed by atoms with E-state index in [9.17, 15) is 18.0 Å². The summed E-state index contributed by atoms with van der Waals surface area (Å²) in [5.74, 6) is -0.787. The van der Waals surface area contributed by atoms with Gasteiger partial charge in [-0.2, -0.15) is 18.1 Å². The molecule has 0 atom stereocenters. The van der Waals surface area contributed by atoms with E-state index in [4.69, 9.17) is 0 Å². The number of aryl methyl sites for hydroxylation is 1. The topological polar surface area (TPSA) is 51.3 Å². The Morgan fingerprint density at radius 1 is 1.32 bits per heavy atom. The highest BCUT2D eigenvalue weighted by molar-refractivity contribution is 5.98. The molecule has 4 nitrogen and oxygen atoms in total. The maximum Gasteiger partial charge on any atom is 0.416 e. The largest absolute Gasteiger partial charge is 0.416 e. The number of nitrogens with one attached hydrogen (secondary N) is 1. The number of aromatic amines is 1. The molecule has 1 aromatic heterocycles. The lowest BCUT2D eigenvalue weighted by atomic mass is 10.1. The van der Waals surface area contributed by atoms with Crippen molar-refractivity contribution in [2.75, 3.05) is 7.11 Å². The van der Waals surface area contributed by atoms with Crippen molar-refractivity contribution in [3.05, 3.63) is 35.0 Å². The molecule has 19 heavy (non-hydrogen) atoms. The summed E-state index contributed by atoms with van der Waals surface area (Å²) in [6.45, 7) is 1.61. The van der Waals surface area contributed by atoms with Crippen LogP contribution in [-0.4, -0.2) is 18.1 Å². The first-order valence-electron chi connectivity index (χ1n) is 5.29. The van der Waals surface area contributed by atoms with Crippen molar-refractivity contribution in [2.24, 2.45) is 0 Å². The molecule has 0 fully saturated rings. The summed E-state index contributed by atoms with van der Waals surface area (Å²) in [6.07, 6.45) is -4.43. The molecule has 1 heterocycles. The van der Waals surface area contributed by atoms with E-state index in [2.05, 4.69) is 14.8 Å². The molecule has 1 N–H and O–H groups in total. The van der Waals surface area contributed by atoms with Gasteiger partial charge in [0.05, 0.1) is 12.7 Å². The van der Waals surface area contributed by atoms with Crippen molar-refractivity contribution in [3.8, 4) is 0 Å². The number of H-pyrrole nitrogens is 1. The highest BCUT2D eigenvalue weighted by Crippen LogP contribution is 2.32. The van der Waals surface area contributed by atoms with Crippen LogP contribution < -0.4 is 0 Å². The summed E-state index contributed by atoms with van der Waals surface area (Å²) in [7, 11) is 1.16. The van der Waals surface area contributed by atoms with Gasteiger partial charge in [-0.25, -0.2) is 4.79 Å². The molecule has 0 aliphatic carbocycles. The standard InChI is InChI=1S/C12H10F3NO3/c1-6-8-4-3-7(12(13,14)15)5-9(8)16-10(6)11(17)19-18-2/h3-5,16H,1-2H3. The molecule has 0 radical (unpaired) electrons. The Hall–Kier alpha value is -2.02. The summed E-state index contributed by atoms with van der Waals surface area (Å²) in [5, 5.41) is 0.524. The van der Waals surface area contributed by atoms with Gasteiger partial charge in [0.15, 0.2) is 0 Å². The van der Waals surface area contributed by atoms with Crippen molar-refractivity contribution in [1.29, 1.82) is 0 Å². The number of halogens is 3. The molecule has 0 amide bonds. The van der Waals surface area contributed by atoms with Crippen LogP contribution in [0.2, 0.25) is 0 Å². The van der Waals surface area contributed by atoms with E-state index in [0.29, 0.717) is 10.9 Å². The summed E-state index contributed by atoms with van der Waals surface area (Å²) in [5.41, 5.74) is 0.00485. The van der Waals surface area contributed by atoms with Gasteiger partial charge in [-0.05, 0) is 24.6 Å². The predicted octanol–water partition coefficient (Wildman–Crippen LogP) is 3.21. The molecule has 0 saturated carbocycles. The van der Waals surface area contributed by atoms with Gasteiger partial charge in [0.1, 0.15) is 5.69 Å². The summed E-state index contributed by atoms with van der Waals surface area (Å²) < 4.78 is 37.7. The zero-order valence-corrected chi connectivity index (χ0v) is 10.1. The number of fused-ring (bicyclic) bond motifs is 1. The van der Waals surface area contributed by atoms with Crippen molar-refractivity contribution < 1.29 is 27.7 Å². The SMILES string of the molecule is COOC(=O)c1[nH]c2cc(C(F)(F)F)ccc2c1C. The molecular weight excluding hydrogens is 263 g/mol. The van der Waals surface area contributed by atoms with Gasteiger partial charge in [-0.3, -0.25) is 4.89 Å². The number of hydrogen-bond donors (Lipinski definition) is 1. The highest BCUT2D eigenvalue weighted by atomic mass is 19.4. The molecule has 1 aromatic carbocycles. The summed E-state index contributed by atoms with van der Waals surface area (Å²) in [4.78, 5) is 22.7. The normalized spacial score (nSPS) is 11.8. The Balaban J connectivity index is 2.54. The number of benzene rings is 1. The number of alkyl halides is 3. The second kappa shape index (κ2) is 4.58. The van der Waals surface area contributed by atoms with Crippen LogP contribution in [0.1, 0.15) is 21.6 Å². The van der Waals surface area contributed by atoms with Crippen LogP contribution in [-0.2, 0) is 16.0 Å². The molecule has 0 saturated heterocycles. The third kappa shape index (κ3) is 2.41. The quantitative estimate of drug-likeness (QED) is 0.675. The van der Waals surface area contributed by atoms with E-state index in [0.717, 1.165) is 19.2 Å². The van der Waals surface area contributed by atoms with Crippen LogP contribution in [0.5, 0.6) is 0 Å². The van der Waals surface area contributed by atoms with Gasteiger partial charge in [-0.15, -0.1) is 0 Å². The van der Waals surface area contributed by atoms with Crippen molar-refractivity contribution in [3.63, 3.8) is 0 Å². The molecule has 0 aliphatic rings.